The van der Waals surface area contributed by atoms with E-state index in [0.29, 0.717) is 29.7 Å². The highest BCUT2D eigenvalue weighted by Gasteiger charge is 2.26. The van der Waals surface area contributed by atoms with Crippen LogP contribution in [-0.4, -0.2) is 29.9 Å². The molecule has 1 aliphatic heterocycles. The Morgan fingerprint density at radius 2 is 2.04 bits per heavy atom. The van der Waals surface area contributed by atoms with E-state index < -0.39 is 6.11 Å². The second kappa shape index (κ2) is 7.21. The normalized spacial score (nSPS) is 14.4. The van der Waals surface area contributed by atoms with Gasteiger partial charge in [-0.3, -0.25) is 0 Å². The standard InChI is InChI=1S/C19H20F2N4O/c1-3-12-8-9-24-18(16(12)17(22)13-10-23-11-13)25-14-4-6-15(7-5-14)26-19(2,20)21/h3-9,13,22-23H,1,10-11H2,2H3,(H,24,25). The quantitative estimate of drug-likeness (QED) is 0.653. The van der Waals surface area contributed by atoms with Crippen molar-refractivity contribution in [1.82, 2.24) is 10.3 Å². The smallest absolute Gasteiger partial charge is 0.394 e. The first-order chi connectivity index (χ1) is 12.4. The van der Waals surface area contributed by atoms with Gasteiger partial charge >= 0.3 is 6.11 Å². The number of hydrogen-bond donors (Lipinski definition) is 3. The fourth-order valence-electron chi connectivity index (χ4n) is 2.67. The highest BCUT2D eigenvalue weighted by atomic mass is 19.3. The van der Waals surface area contributed by atoms with Crippen LogP contribution in [0.15, 0.2) is 43.1 Å². The number of hydrogen-bond acceptors (Lipinski definition) is 5. The molecule has 7 heteroatoms. The summed E-state index contributed by atoms with van der Waals surface area (Å²) < 4.78 is 30.3. The largest absolute Gasteiger partial charge is 0.433 e. The third-order valence-corrected chi connectivity index (χ3v) is 4.08. The number of benzene rings is 1. The van der Waals surface area contributed by atoms with Gasteiger partial charge in [-0.05, 0) is 35.9 Å². The molecule has 2 aromatic rings. The van der Waals surface area contributed by atoms with Gasteiger partial charge in [-0.2, -0.15) is 8.78 Å². The number of anilines is 2. The van der Waals surface area contributed by atoms with Crippen LogP contribution in [0.2, 0.25) is 0 Å². The summed E-state index contributed by atoms with van der Waals surface area (Å²) in [5, 5.41) is 14.8. The number of halogens is 2. The minimum Gasteiger partial charge on any atom is -0.433 e. The zero-order chi connectivity index (χ0) is 18.7. The lowest BCUT2D eigenvalue weighted by atomic mass is 9.89. The number of nitrogens with zero attached hydrogens (tertiary/aromatic N) is 1. The zero-order valence-electron chi connectivity index (χ0n) is 14.4. The van der Waals surface area contributed by atoms with Crippen molar-refractivity contribution in [3.05, 3.63) is 54.2 Å². The Labute approximate surface area is 150 Å². The summed E-state index contributed by atoms with van der Waals surface area (Å²) in [6, 6.07) is 7.98. The van der Waals surface area contributed by atoms with Crippen molar-refractivity contribution in [3.8, 4) is 5.75 Å². The van der Waals surface area contributed by atoms with Crippen LogP contribution in [0.4, 0.5) is 20.3 Å². The summed E-state index contributed by atoms with van der Waals surface area (Å²) in [6.45, 7) is 6.04. The van der Waals surface area contributed by atoms with Crippen LogP contribution in [-0.2, 0) is 0 Å². The second-order valence-electron chi connectivity index (χ2n) is 6.16. The number of ether oxygens (including phenoxy) is 1. The summed E-state index contributed by atoms with van der Waals surface area (Å²) in [4.78, 5) is 4.35. The molecule has 26 heavy (non-hydrogen) atoms. The highest BCUT2D eigenvalue weighted by Crippen LogP contribution is 2.28. The molecule has 0 amide bonds. The maximum atomic E-state index is 12.9. The molecule has 5 nitrogen and oxygen atoms in total. The average molecular weight is 358 g/mol. The average Bonchev–Trinajstić information content (AvgIpc) is 2.53. The third-order valence-electron chi connectivity index (χ3n) is 4.08. The van der Waals surface area contributed by atoms with Gasteiger partial charge in [0.1, 0.15) is 11.6 Å². The maximum absolute atomic E-state index is 12.9. The van der Waals surface area contributed by atoms with Crippen LogP contribution >= 0.6 is 0 Å². The monoisotopic (exact) mass is 358 g/mol. The van der Waals surface area contributed by atoms with E-state index in [4.69, 9.17) is 5.41 Å². The van der Waals surface area contributed by atoms with E-state index in [1.54, 1.807) is 24.4 Å². The molecule has 0 spiro atoms. The van der Waals surface area contributed by atoms with E-state index in [9.17, 15) is 8.78 Å². The lowest BCUT2D eigenvalue weighted by molar-refractivity contribution is -0.158. The molecule has 0 atom stereocenters. The molecule has 1 fully saturated rings. The fourth-order valence-corrected chi connectivity index (χ4v) is 2.67. The molecule has 0 bridgehead atoms. The number of rotatable bonds is 7. The van der Waals surface area contributed by atoms with Gasteiger partial charge in [0.2, 0.25) is 0 Å². The number of nitrogens with one attached hydrogen (secondary N) is 3. The van der Waals surface area contributed by atoms with E-state index in [0.717, 1.165) is 18.7 Å². The van der Waals surface area contributed by atoms with Crippen molar-refractivity contribution in [1.29, 1.82) is 5.41 Å². The predicted octanol–water partition coefficient (Wildman–Crippen LogP) is 4.05. The van der Waals surface area contributed by atoms with Crippen molar-refractivity contribution < 1.29 is 13.5 Å². The second-order valence-corrected chi connectivity index (χ2v) is 6.16. The SMILES string of the molecule is C=Cc1ccnc(Nc2ccc(OC(C)(F)F)cc2)c1C(=N)C1CNC1. The van der Waals surface area contributed by atoms with Gasteiger partial charge < -0.3 is 20.8 Å². The zero-order valence-corrected chi connectivity index (χ0v) is 14.4. The van der Waals surface area contributed by atoms with Gasteiger partial charge in [0.15, 0.2) is 0 Å². The minimum atomic E-state index is -3.23. The molecule has 0 aliphatic carbocycles. The van der Waals surface area contributed by atoms with Crippen LogP contribution in [0.3, 0.4) is 0 Å². The predicted molar refractivity (Wildman–Crippen MR) is 98.5 cm³/mol. The van der Waals surface area contributed by atoms with E-state index in [-0.39, 0.29) is 11.7 Å². The molecule has 0 radical (unpaired) electrons. The van der Waals surface area contributed by atoms with Gasteiger partial charge in [0.05, 0.1) is 0 Å². The molecule has 1 saturated heterocycles. The Kier molecular flexibility index (Phi) is 4.99. The van der Waals surface area contributed by atoms with Crippen LogP contribution in [0.5, 0.6) is 5.75 Å². The number of aromatic nitrogens is 1. The Morgan fingerprint density at radius 3 is 2.58 bits per heavy atom. The van der Waals surface area contributed by atoms with Crippen molar-refractivity contribution in [2.75, 3.05) is 18.4 Å². The van der Waals surface area contributed by atoms with Crippen molar-refractivity contribution in [3.63, 3.8) is 0 Å². The maximum Gasteiger partial charge on any atom is 0.394 e. The summed E-state index contributed by atoms with van der Waals surface area (Å²) in [5.41, 5.74) is 2.69. The molecular weight excluding hydrogens is 338 g/mol. The van der Waals surface area contributed by atoms with E-state index in [1.165, 1.54) is 12.1 Å². The molecule has 3 N–H and O–H groups in total. The van der Waals surface area contributed by atoms with Crippen LogP contribution in [0.1, 0.15) is 18.1 Å². The minimum absolute atomic E-state index is 0.0735. The van der Waals surface area contributed by atoms with Gasteiger partial charge in [-0.25, -0.2) is 4.98 Å². The number of pyridine rings is 1. The Bertz CT molecular complexity index is 811. The molecular formula is C19H20F2N4O. The van der Waals surface area contributed by atoms with Crippen molar-refractivity contribution in [2.45, 2.75) is 13.0 Å². The molecule has 1 aromatic heterocycles. The van der Waals surface area contributed by atoms with Crippen molar-refractivity contribution in [2.24, 2.45) is 5.92 Å². The van der Waals surface area contributed by atoms with Crippen LogP contribution in [0.25, 0.3) is 6.08 Å². The Hall–Kier alpha value is -2.80. The molecule has 1 aromatic carbocycles. The molecule has 1 aliphatic rings. The first kappa shape index (κ1) is 18.0. The number of alkyl halides is 2. The molecule has 3 rings (SSSR count). The van der Waals surface area contributed by atoms with Gasteiger partial charge in [0.25, 0.3) is 0 Å². The summed E-state index contributed by atoms with van der Waals surface area (Å²) >= 11 is 0. The summed E-state index contributed by atoms with van der Waals surface area (Å²) in [7, 11) is 0. The van der Waals surface area contributed by atoms with Crippen LogP contribution in [0, 0.1) is 11.3 Å². The summed E-state index contributed by atoms with van der Waals surface area (Å²) in [6.07, 6.45) is 0.112. The lowest BCUT2D eigenvalue weighted by Gasteiger charge is -2.29. The van der Waals surface area contributed by atoms with Crippen molar-refractivity contribution >= 4 is 23.3 Å². The van der Waals surface area contributed by atoms with E-state index in [2.05, 4.69) is 26.9 Å². The van der Waals surface area contributed by atoms with E-state index in [1.807, 2.05) is 6.07 Å². The topological polar surface area (TPSA) is 70.0 Å². The molecule has 2 heterocycles. The molecule has 0 saturated carbocycles. The highest BCUT2D eigenvalue weighted by molar-refractivity contribution is 6.07. The Balaban J connectivity index is 1.85. The van der Waals surface area contributed by atoms with Crippen LogP contribution < -0.4 is 15.4 Å². The third kappa shape index (κ3) is 4.05. The van der Waals surface area contributed by atoms with Gasteiger partial charge in [-0.1, -0.05) is 12.7 Å². The first-order valence-corrected chi connectivity index (χ1v) is 8.22. The van der Waals surface area contributed by atoms with Gasteiger partial charge in [0, 0.05) is 49.1 Å². The van der Waals surface area contributed by atoms with E-state index >= 15 is 0 Å². The Morgan fingerprint density at radius 1 is 1.35 bits per heavy atom. The lowest BCUT2D eigenvalue weighted by Crippen LogP contribution is -2.46. The summed E-state index contributed by atoms with van der Waals surface area (Å²) in [5.74, 6) is 0.749. The molecule has 0 unspecified atom stereocenters. The molecule has 136 valence electrons. The first-order valence-electron chi connectivity index (χ1n) is 8.22. The fraction of sp³-hybridized carbons (Fsp3) is 0.263. The van der Waals surface area contributed by atoms with Gasteiger partial charge in [-0.15, -0.1) is 0 Å².